The van der Waals surface area contributed by atoms with Gasteiger partial charge in [-0.15, -0.1) is 0 Å². The van der Waals surface area contributed by atoms with Gasteiger partial charge >= 0.3 is 0 Å². The first-order valence-electron chi connectivity index (χ1n) is 5.47. The molecule has 0 bridgehead atoms. The molecule has 1 aromatic heterocycles. The molecule has 88 valence electrons. The lowest BCUT2D eigenvalue weighted by Gasteiger charge is -2.24. The molecule has 0 atom stereocenters. The van der Waals surface area contributed by atoms with Crippen LogP contribution in [0.25, 0.3) is 10.9 Å². The van der Waals surface area contributed by atoms with Crippen LogP contribution in [0.2, 0.25) is 5.15 Å². The molecule has 0 N–H and O–H groups in total. The second kappa shape index (κ2) is 4.18. The zero-order valence-corrected chi connectivity index (χ0v) is 11.2. The van der Waals surface area contributed by atoms with Crippen molar-refractivity contribution < 1.29 is 4.39 Å². The molecule has 1 aliphatic carbocycles. The predicted octanol–water partition coefficient (Wildman–Crippen LogP) is 4.45. The van der Waals surface area contributed by atoms with Gasteiger partial charge in [-0.1, -0.05) is 34.0 Å². The number of hydrogen-bond acceptors (Lipinski definition) is 2. The van der Waals surface area contributed by atoms with Crippen molar-refractivity contribution in [1.82, 2.24) is 9.97 Å². The number of halogens is 3. The van der Waals surface area contributed by atoms with E-state index in [1.165, 1.54) is 12.5 Å². The zero-order valence-electron chi connectivity index (χ0n) is 8.88. The first-order valence-corrected chi connectivity index (χ1v) is 6.64. The number of aromatic nitrogens is 2. The first-order chi connectivity index (χ1) is 8.15. The Kier molecular flexibility index (Phi) is 2.79. The Balaban J connectivity index is 2.24. The van der Waals surface area contributed by atoms with Crippen LogP contribution in [-0.2, 0) is 0 Å². The van der Waals surface area contributed by atoms with Crippen LogP contribution in [0.3, 0.4) is 0 Å². The van der Waals surface area contributed by atoms with Crippen molar-refractivity contribution in [3.8, 4) is 0 Å². The second-order valence-electron chi connectivity index (χ2n) is 4.28. The van der Waals surface area contributed by atoms with Gasteiger partial charge in [0, 0.05) is 15.8 Å². The average molecular weight is 316 g/mol. The minimum atomic E-state index is -0.362. The summed E-state index contributed by atoms with van der Waals surface area (Å²) in [5.74, 6) is 0.661. The van der Waals surface area contributed by atoms with Crippen LogP contribution < -0.4 is 0 Å². The lowest BCUT2D eigenvalue weighted by Crippen LogP contribution is -2.13. The highest BCUT2D eigenvalue weighted by atomic mass is 79.9. The van der Waals surface area contributed by atoms with Crippen molar-refractivity contribution in [3.05, 3.63) is 33.4 Å². The Morgan fingerprint density at radius 2 is 2.06 bits per heavy atom. The van der Waals surface area contributed by atoms with Gasteiger partial charge < -0.3 is 0 Å². The molecule has 3 rings (SSSR count). The minimum absolute atomic E-state index is 0.315. The zero-order chi connectivity index (χ0) is 12.0. The van der Waals surface area contributed by atoms with Crippen molar-refractivity contribution in [2.45, 2.75) is 25.2 Å². The molecule has 1 aromatic carbocycles. The molecule has 2 nitrogen and oxygen atoms in total. The SMILES string of the molecule is Fc1cc(Br)cc2c(Cl)nc(C3CCC3)nc12. The Bertz CT molecular complexity index is 599. The maximum Gasteiger partial charge on any atom is 0.150 e. The number of rotatable bonds is 1. The Morgan fingerprint density at radius 1 is 1.29 bits per heavy atom. The molecule has 17 heavy (non-hydrogen) atoms. The molecule has 1 saturated carbocycles. The van der Waals surface area contributed by atoms with Crippen LogP contribution >= 0.6 is 27.5 Å². The van der Waals surface area contributed by atoms with Gasteiger partial charge in [-0.05, 0) is 25.0 Å². The van der Waals surface area contributed by atoms with Crippen molar-refractivity contribution in [1.29, 1.82) is 0 Å². The molecule has 5 heteroatoms. The molecule has 2 aromatic rings. The summed E-state index contributed by atoms with van der Waals surface area (Å²) in [6.45, 7) is 0. The van der Waals surface area contributed by atoms with E-state index in [1.54, 1.807) is 6.07 Å². The topological polar surface area (TPSA) is 25.8 Å². The van der Waals surface area contributed by atoms with Crippen LogP contribution in [0.15, 0.2) is 16.6 Å². The van der Waals surface area contributed by atoms with E-state index in [0.717, 1.165) is 12.8 Å². The normalized spacial score (nSPS) is 16.2. The highest BCUT2D eigenvalue weighted by Gasteiger charge is 2.24. The van der Waals surface area contributed by atoms with E-state index in [9.17, 15) is 4.39 Å². The van der Waals surface area contributed by atoms with Gasteiger partial charge in [-0.3, -0.25) is 0 Å². The molecule has 0 saturated heterocycles. The van der Waals surface area contributed by atoms with Gasteiger partial charge in [0.25, 0.3) is 0 Å². The molecule has 1 heterocycles. The fourth-order valence-corrected chi connectivity index (χ4v) is 2.65. The van der Waals surface area contributed by atoms with Crippen LogP contribution in [-0.4, -0.2) is 9.97 Å². The van der Waals surface area contributed by atoms with Crippen LogP contribution in [0.1, 0.15) is 31.0 Å². The van der Waals surface area contributed by atoms with Crippen LogP contribution in [0, 0.1) is 5.82 Å². The van der Waals surface area contributed by atoms with Crippen LogP contribution in [0.4, 0.5) is 4.39 Å². The van der Waals surface area contributed by atoms with E-state index < -0.39 is 0 Å². The molecule has 1 aliphatic rings. The number of fused-ring (bicyclic) bond motifs is 1. The van der Waals surface area contributed by atoms with Gasteiger partial charge in [0.1, 0.15) is 16.5 Å². The lowest BCUT2D eigenvalue weighted by atomic mass is 9.85. The number of hydrogen-bond donors (Lipinski definition) is 0. The number of nitrogens with zero attached hydrogens (tertiary/aromatic N) is 2. The van der Waals surface area contributed by atoms with E-state index in [2.05, 4.69) is 25.9 Å². The van der Waals surface area contributed by atoms with Gasteiger partial charge in [0.15, 0.2) is 5.82 Å². The summed E-state index contributed by atoms with van der Waals surface area (Å²) in [5, 5.41) is 0.888. The average Bonchev–Trinajstić information content (AvgIpc) is 2.17. The number of benzene rings is 1. The largest absolute Gasteiger partial charge is 0.229 e. The molecular formula is C12H9BrClFN2. The van der Waals surface area contributed by atoms with E-state index in [4.69, 9.17) is 11.6 Å². The monoisotopic (exact) mass is 314 g/mol. The molecular weight excluding hydrogens is 307 g/mol. The Morgan fingerprint density at radius 3 is 2.71 bits per heavy atom. The summed E-state index contributed by atoms with van der Waals surface area (Å²) < 4.78 is 14.5. The van der Waals surface area contributed by atoms with Crippen molar-refractivity contribution >= 4 is 38.4 Å². The summed E-state index contributed by atoms with van der Waals surface area (Å²) in [6, 6.07) is 3.14. The summed E-state index contributed by atoms with van der Waals surface area (Å²) in [6.07, 6.45) is 3.33. The van der Waals surface area contributed by atoms with E-state index in [1.807, 2.05) is 0 Å². The van der Waals surface area contributed by atoms with E-state index >= 15 is 0 Å². The smallest absolute Gasteiger partial charge is 0.150 e. The first kappa shape index (κ1) is 11.4. The lowest BCUT2D eigenvalue weighted by molar-refractivity contribution is 0.402. The van der Waals surface area contributed by atoms with E-state index in [-0.39, 0.29) is 5.82 Å². The van der Waals surface area contributed by atoms with Gasteiger partial charge in [0.2, 0.25) is 0 Å². The molecule has 1 fully saturated rings. The van der Waals surface area contributed by atoms with Gasteiger partial charge in [0.05, 0.1) is 0 Å². The Hall–Kier alpha value is -0.740. The van der Waals surface area contributed by atoms with Crippen molar-refractivity contribution in [2.24, 2.45) is 0 Å². The van der Waals surface area contributed by atoms with Gasteiger partial charge in [-0.25, -0.2) is 14.4 Å². The Labute approximate surface area is 111 Å². The van der Waals surface area contributed by atoms with Gasteiger partial charge in [-0.2, -0.15) is 0 Å². The summed E-state index contributed by atoms with van der Waals surface area (Å²) >= 11 is 9.33. The maximum atomic E-state index is 13.8. The molecule has 0 radical (unpaired) electrons. The maximum absolute atomic E-state index is 13.8. The highest BCUT2D eigenvalue weighted by molar-refractivity contribution is 9.10. The third kappa shape index (κ3) is 1.93. The van der Waals surface area contributed by atoms with Crippen LogP contribution in [0.5, 0.6) is 0 Å². The van der Waals surface area contributed by atoms with E-state index in [0.29, 0.717) is 32.3 Å². The standard InChI is InChI=1S/C12H9BrClFN2/c13-7-4-8-10(9(15)5-7)16-12(17-11(8)14)6-2-1-3-6/h4-6H,1-3H2. The minimum Gasteiger partial charge on any atom is -0.229 e. The molecule has 0 aliphatic heterocycles. The van der Waals surface area contributed by atoms with Crippen molar-refractivity contribution in [2.75, 3.05) is 0 Å². The second-order valence-corrected chi connectivity index (χ2v) is 5.56. The fourth-order valence-electron chi connectivity index (χ4n) is 1.99. The highest BCUT2D eigenvalue weighted by Crippen LogP contribution is 2.36. The molecule has 0 spiro atoms. The summed E-state index contributed by atoms with van der Waals surface area (Å²) in [5.41, 5.74) is 0.315. The predicted molar refractivity (Wildman–Crippen MR) is 68.8 cm³/mol. The third-order valence-electron chi connectivity index (χ3n) is 3.16. The summed E-state index contributed by atoms with van der Waals surface area (Å²) in [4.78, 5) is 8.58. The molecule has 0 unspecified atom stereocenters. The molecule has 0 amide bonds. The van der Waals surface area contributed by atoms with Crippen molar-refractivity contribution in [3.63, 3.8) is 0 Å². The quantitative estimate of drug-likeness (QED) is 0.726. The fraction of sp³-hybridized carbons (Fsp3) is 0.333. The summed E-state index contributed by atoms with van der Waals surface area (Å²) in [7, 11) is 0. The third-order valence-corrected chi connectivity index (χ3v) is 3.91.